The molecule has 0 heterocycles. The lowest BCUT2D eigenvalue weighted by Gasteiger charge is -2.05. The summed E-state index contributed by atoms with van der Waals surface area (Å²) in [6.45, 7) is 2.15. The van der Waals surface area contributed by atoms with Gasteiger partial charge in [-0.25, -0.2) is 0 Å². The Balaban J connectivity index is 1.90. The fourth-order valence-electron chi connectivity index (χ4n) is 2.47. The van der Waals surface area contributed by atoms with Crippen LogP contribution in [0.25, 0.3) is 0 Å². The van der Waals surface area contributed by atoms with Crippen LogP contribution in [0, 0.1) is 0 Å². The Labute approximate surface area is 143 Å². The first-order valence-corrected chi connectivity index (χ1v) is 8.17. The summed E-state index contributed by atoms with van der Waals surface area (Å²) < 4.78 is 0. The summed E-state index contributed by atoms with van der Waals surface area (Å²) in [6, 6.07) is 28.7. The molecule has 0 N–H and O–H groups in total. The van der Waals surface area contributed by atoms with Crippen LogP contribution in [0.2, 0.25) is 0 Å². The minimum atomic E-state index is 0.873. The molecule has 0 aliphatic rings. The van der Waals surface area contributed by atoms with Gasteiger partial charge in [-0.2, -0.15) is 5.10 Å². The van der Waals surface area contributed by atoms with E-state index in [4.69, 9.17) is 0 Å². The van der Waals surface area contributed by atoms with Crippen molar-refractivity contribution in [3.63, 3.8) is 0 Å². The highest BCUT2D eigenvalue weighted by atomic mass is 15.2. The highest BCUT2D eigenvalue weighted by Gasteiger charge is 2.05. The van der Waals surface area contributed by atoms with E-state index >= 15 is 0 Å². The summed E-state index contributed by atoms with van der Waals surface area (Å²) >= 11 is 0. The molecule has 0 aliphatic carbocycles. The molecule has 0 aromatic heterocycles. The Bertz CT molecular complexity index is 775. The van der Waals surface area contributed by atoms with E-state index < -0.39 is 0 Å². The molecule has 0 unspecified atom stereocenters. The third-order valence-corrected chi connectivity index (χ3v) is 3.85. The Kier molecular flexibility index (Phi) is 5.31. The van der Waals surface area contributed by atoms with Gasteiger partial charge in [-0.15, -0.1) is 5.10 Å². The predicted octanol–water partition coefficient (Wildman–Crippen LogP) is 5.12. The lowest BCUT2D eigenvalue weighted by atomic mass is 10.0. The molecule has 3 rings (SSSR count). The second-order valence-corrected chi connectivity index (χ2v) is 5.52. The quantitative estimate of drug-likeness (QED) is 0.461. The number of rotatable bonds is 5. The van der Waals surface area contributed by atoms with E-state index in [1.165, 1.54) is 5.56 Å². The van der Waals surface area contributed by atoms with Gasteiger partial charge in [0.2, 0.25) is 0 Å². The highest BCUT2D eigenvalue weighted by Crippen LogP contribution is 2.11. The van der Waals surface area contributed by atoms with Gasteiger partial charge in [-0.05, 0) is 17.5 Å². The van der Waals surface area contributed by atoms with Crippen molar-refractivity contribution < 1.29 is 0 Å². The summed E-state index contributed by atoms with van der Waals surface area (Å²) in [6.07, 6.45) is 2.84. The molecule has 0 saturated carbocycles. The summed E-state index contributed by atoms with van der Waals surface area (Å²) in [5.74, 6) is 0. The standard InChI is InChI=1S/C22H20N2/c1-2-18-13-15-19(16-14-18)17-23-24-22(20-9-5-3-6-10-20)21-11-7-4-8-12-21/h3-17H,2H2,1H3/b23-17-. The smallest absolute Gasteiger partial charge is 0.100 e. The number of hydrogen-bond donors (Lipinski definition) is 0. The van der Waals surface area contributed by atoms with Crippen molar-refractivity contribution in [1.29, 1.82) is 0 Å². The molecular weight excluding hydrogens is 292 g/mol. The van der Waals surface area contributed by atoms with Crippen LogP contribution < -0.4 is 0 Å². The molecule has 0 spiro atoms. The molecule has 0 bridgehead atoms. The lowest BCUT2D eigenvalue weighted by molar-refractivity contribution is 1.14. The molecule has 2 nitrogen and oxygen atoms in total. The number of hydrogen-bond acceptors (Lipinski definition) is 2. The van der Waals surface area contributed by atoms with E-state index in [9.17, 15) is 0 Å². The molecule has 0 radical (unpaired) electrons. The number of nitrogens with zero attached hydrogens (tertiary/aromatic N) is 2. The highest BCUT2D eigenvalue weighted by molar-refractivity contribution is 6.12. The molecule has 2 heteroatoms. The predicted molar refractivity (Wildman–Crippen MR) is 102 cm³/mol. The Hall–Kier alpha value is -3.00. The van der Waals surface area contributed by atoms with Crippen molar-refractivity contribution in [1.82, 2.24) is 0 Å². The minimum absolute atomic E-state index is 0.873. The Morgan fingerprint density at radius 3 is 1.79 bits per heavy atom. The molecule has 3 aromatic rings. The second kappa shape index (κ2) is 8.02. The summed E-state index contributed by atoms with van der Waals surface area (Å²) in [4.78, 5) is 0. The molecule has 24 heavy (non-hydrogen) atoms. The molecule has 0 atom stereocenters. The zero-order valence-electron chi connectivity index (χ0n) is 13.8. The van der Waals surface area contributed by atoms with Crippen LogP contribution in [0.4, 0.5) is 0 Å². The molecule has 0 amide bonds. The maximum Gasteiger partial charge on any atom is 0.100 e. The first-order chi connectivity index (χ1) is 11.9. The van der Waals surface area contributed by atoms with E-state index in [0.29, 0.717) is 0 Å². The van der Waals surface area contributed by atoms with Gasteiger partial charge in [0, 0.05) is 11.1 Å². The van der Waals surface area contributed by atoms with Crippen molar-refractivity contribution in [2.45, 2.75) is 13.3 Å². The SMILES string of the molecule is CCc1ccc(/C=N\N=C(c2ccccc2)c2ccccc2)cc1. The van der Waals surface area contributed by atoms with Crippen molar-refractivity contribution in [3.05, 3.63) is 107 Å². The van der Waals surface area contributed by atoms with Crippen molar-refractivity contribution >= 4 is 11.9 Å². The Morgan fingerprint density at radius 2 is 1.29 bits per heavy atom. The summed E-state index contributed by atoms with van der Waals surface area (Å²) in [5.41, 5.74) is 5.36. The average molecular weight is 312 g/mol. The van der Waals surface area contributed by atoms with E-state index in [1.54, 1.807) is 6.21 Å². The van der Waals surface area contributed by atoms with Gasteiger partial charge in [0.1, 0.15) is 5.71 Å². The number of aryl methyl sites for hydroxylation is 1. The van der Waals surface area contributed by atoms with Gasteiger partial charge in [0.25, 0.3) is 0 Å². The van der Waals surface area contributed by atoms with Crippen LogP contribution in [0.1, 0.15) is 29.2 Å². The van der Waals surface area contributed by atoms with E-state index in [-0.39, 0.29) is 0 Å². The van der Waals surface area contributed by atoms with Gasteiger partial charge in [-0.1, -0.05) is 91.9 Å². The molecule has 118 valence electrons. The van der Waals surface area contributed by atoms with Crippen LogP contribution >= 0.6 is 0 Å². The van der Waals surface area contributed by atoms with Gasteiger partial charge in [0.05, 0.1) is 6.21 Å². The van der Waals surface area contributed by atoms with Crippen LogP contribution in [0.5, 0.6) is 0 Å². The monoisotopic (exact) mass is 312 g/mol. The van der Waals surface area contributed by atoms with E-state index in [1.807, 2.05) is 36.4 Å². The third kappa shape index (κ3) is 4.05. The third-order valence-electron chi connectivity index (χ3n) is 3.85. The molecule has 0 fully saturated rings. The van der Waals surface area contributed by atoms with Gasteiger partial charge in [-0.3, -0.25) is 0 Å². The van der Waals surface area contributed by atoms with Crippen molar-refractivity contribution in [2.24, 2.45) is 10.2 Å². The van der Waals surface area contributed by atoms with Gasteiger partial charge in [0.15, 0.2) is 0 Å². The second-order valence-electron chi connectivity index (χ2n) is 5.52. The first kappa shape index (κ1) is 15.9. The fourth-order valence-corrected chi connectivity index (χ4v) is 2.47. The van der Waals surface area contributed by atoms with Crippen LogP contribution in [-0.4, -0.2) is 11.9 Å². The van der Waals surface area contributed by atoms with Crippen molar-refractivity contribution in [2.75, 3.05) is 0 Å². The minimum Gasteiger partial charge on any atom is -0.158 e. The zero-order valence-corrected chi connectivity index (χ0v) is 13.8. The largest absolute Gasteiger partial charge is 0.158 e. The lowest BCUT2D eigenvalue weighted by Crippen LogP contribution is -2.02. The van der Waals surface area contributed by atoms with Crippen LogP contribution in [0.3, 0.4) is 0 Å². The molecule has 0 saturated heterocycles. The number of benzene rings is 3. The Morgan fingerprint density at radius 1 is 0.750 bits per heavy atom. The van der Waals surface area contributed by atoms with E-state index in [2.05, 4.69) is 65.7 Å². The summed E-state index contributed by atoms with van der Waals surface area (Å²) in [5, 5.41) is 8.80. The summed E-state index contributed by atoms with van der Waals surface area (Å²) in [7, 11) is 0. The average Bonchev–Trinajstić information content (AvgIpc) is 2.67. The topological polar surface area (TPSA) is 24.7 Å². The van der Waals surface area contributed by atoms with E-state index in [0.717, 1.165) is 28.8 Å². The van der Waals surface area contributed by atoms with Gasteiger partial charge >= 0.3 is 0 Å². The maximum atomic E-state index is 4.49. The normalized spacial score (nSPS) is 10.7. The van der Waals surface area contributed by atoms with Gasteiger partial charge < -0.3 is 0 Å². The molecule has 3 aromatic carbocycles. The maximum absolute atomic E-state index is 4.49. The zero-order chi connectivity index (χ0) is 16.6. The fraction of sp³-hybridized carbons (Fsp3) is 0.0909. The molecule has 0 aliphatic heterocycles. The van der Waals surface area contributed by atoms with Crippen LogP contribution in [0.15, 0.2) is 95.1 Å². The van der Waals surface area contributed by atoms with Crippen LogP contribution in [-0.2, 0) is 6.42 Å². The van der Waals surface area contributed by atoms with Crippen molar-refractivity contribution in [3.8, 4) is 0 Å². The first-order valence-electron chi connectivity index (χ1n) is 8.17. The molecular formula is C22H20N2.